The minimum absolute atomic E-state index is 0.135. The van der Waals surface area contributed by atoms with Gasteiger partial charge in [-0.1, -0.05) is 54.6 Å². The summed E-state index contributed by atoms with van der Waals surface area (Å²) in [5, 5.41) is 3.64. The van der Waals surface area contributed by atoms with Crippen molar-refractivity contribution >= 4 is 34.5 Å². The monoisotopic (exact) mass is 434 g/mol. The molecule has 31 heavy (non-hydrogen) atoms. The molecule has 0 aliphatic carbocycles. The summed E-state index contributed by atoms with van der Waals surface area (Å²) in [5.41, 5.74) is 3.81. The van der Waals surface area contributed by atoms with Crippen molar-refractivity contribution in [2.45, 2.75) is 37.2 Å². The quantitative estimate of drug-likeness (QED) is 0.376. The first-order valence-electron chi connectivity index (χ1n) is 10.1. The van der Waals surface area contributed by atoms with Gasteiger partial charge >= 0.3 is 0 Å². The summed E-state index contributed by atoms with van der Waals surface area (Å²) in [4.78, 5) is 22.4. The molecule has 158 valence electrons. The zero-order chi connectivity index (χ0) is 21.8. The average molecular weight is 435 g/mol. The molecule has 0 bridgehead atoms. The van der Waals surface area contributed by atoms with E-state index in [1.54, 1.807) is 18.3 Å². The van der Waals surface area contributed by atoms with Crippen molar-refractivity contribution in [3.63, 3.8) is 0 Å². The van der Waals surface area contributed by atoms with Crippen LogP contribution in [-0.2, 0) is 10.5 Å². The highest BCUT2D eigenvalue weighted by Crippen LogP contribution is 2.31. The third kappa shape index (κ3) is 4.61. The number of rotatable bonds is 7. The van der Waals surface area contributed by atoms with E-state index in [1.165, 1.54) is 17.8 Å². The van der Waals surface area contributed by atoms with Crippen molar-refractivity contribution in [2.75, 3.05) is 5.32 Å². The predicted octanol–water partition coefficient (Wildman–Crippen LogP) is 5.76. The Morgan fingerprint density at radius 3 is 2.65 bits per heavy atom. The number of fused-ring (bicyclic) bond motifs is 1. The molecular weight excluding hydrogens is 411 g/mol. The molecular formula is C24H23FN4OS. The van der Waals surface area contributed by atoms with E-state index in [9.17, 15) is 9.18 Å². The van der Waals surface area contributed by atoms with Crippen LogP contribution in [0.4, 0.5) is 10.1 Å². The molecule has 2 heterocycles. The molecule has 0 aliphatic heterocycles. The van der Waals surface area contributed by atoms with Gasteiger partial charge in [-0.15, -0.1) is 0 Å². The maximum Gasteiger partial charge on any atom is 0.247 e. The standard InChI is InChI=1S/C24H23FN4OS/c1-3-21(23(30)27-18-12-10-16(2)11-13-18)29-22-20(9-6-14-26-22)28-24(29)31-15-17-7-4-5-8-19(17)25/h4-14,21H,3,15H2,1-2H3,(H,27,30)/t21-/m1/s1. The summed E-state index contributed by atoms with van der Waals surface area (Å²) >= 11 is 1.40. The van der Waals surface area contributed by atoms with Gasteiger partial charge in [0.05, 0.1) is 0 Å². The van der Waals surface area contributed by atoms with Gasteiger partial charge in [0.2, 0.25) is 5.91 Å². The average Bonchev–Trinajstić information content (AvgIpc) is 3.14. The summed E-state index contributed by atoms with van der Waals surface area (Å²) in [6.07, 6.45) is 2.25. The number of carbonyl (C=O) groups excluding carboxylic acids is 1. The number of aromatic nitrogens is 3. The van der Waals surface area contributed by atoms with Gasteiger partial charge in [0, 0.05) is 17.6 Å². The molecule has 5 nitrogen and oxygen atoms in total. The van der Waals surface area contributed by atoms with E-state index in [1.807, 2.05) is 60.9 Å². The van der Waals surface area contributed by atoms with Gasteiger partial charge in [-0.2, -0.15) is 0 Å². The molecule has 1 atom stereocenters. The number of nitrogens with zero attached hydrogens (tertiary/aromatic N) is 3. The number of nitrogens with one attached hydrogen (secondary N) is 1. The van der Waals surface area contributed by atoms with Crippen LogP contribution in [0.2, 0.25) is 0 Å². The van der Waals surface area contributed by atoms with Crippen molar-refractivity contribution < 1.29 is 9.18 Å². The second-order valence-electron chi connectivity index (χ2n) is 7.27. The van der Waals surface area contributed by atoms with Crippen LogP contribution in [0.5, 0.6) is 0 Å². The second kappa shape index (κ2) is 9.31. The Labute approximate surface area is 184 Å². The summed E-state index contributed by atoms with van der Waals surface area (Å²) in [5.74, 6) is 0.0235. The summed E-state index contributed by atoms with van der Waals surface area (Å²) in [6.45, 7) is 3.96. The number of amides is 1. The van der Waals surface area contributed by atoms with Crippen LogP contribution >= 0.6 is 11.8 Å². The summed E-state index contributed by atoms with van der Waals surface area (Å²) in [7, 11) is 0. The van der Waals surface area contributed by atoms with E-state index in [0.717, 1.165) is 11.3 Å². The van der Waals surface area contributed by atoms with Gasteiger partial charge in [-0.05, 0) is 49.2 Å². The lowest BCUT2D eigenvalue weighted by Gasteiger charge is -2.19. The SMILES string of the molecule is CC[C@H](C(=O)Nc1ccc(C)cc1)n1c(SCc2ccccc2F)nc2cccnc21. The Hall–Kier alpha value is -3.19. The van der Waals surface area contributed by atoms with E-state index in [-0.39, 0.29) is 11.7 Å². The number of halogens is 1. The molecule has 2 aromatic heterocycles. The van der Waals surface area contributed by atoms with Gasteiger partial charge in [0.1, 0.15) is 17.4 Å². The number of thioether (sulfide) groups is 1. The van der Waals surface area contributed by atoms with Crippen molar-refractivity contribution in [1.82, 2.24) is 14.5 Å². The molecule has 4 rings (SSSR count). The number of carbonyl (C=O) groups is 1. The number of hydrogen-bond acceptors (Lipinski definition) is 4. The van der Waals surface area contributed by atoms with Crippen LogP contribution in [0.1, 0.15) is 30.5 Å². The molecule has 0 saturated carbocycles. The van der Waals surface area contributed by atoms with E-state index >= 15 is 0 Å². The van der Waals surface area contributed by atoms with Gasteiger partial charge in [-0.25, -0.2) is 14.4 Å². The molecule has 0 saturated heterocycles. The van der Waals surface area contributed by atoms with Gasteiger partial charge in [-0.3, -0.25) is 9.36 Å². The third-order valence-corrected chi connectivity index (χ3v) is 6.05. The number of aryl methyl sites for hydroxylation is 1. The van der Waals surface area contributed by atoms with Crippen molar-refractivity contribution in [2.24, 2.45) is 0 Å². The van der Waals surface area contributed by atoms with Gasteiger partial charge in [0.25, 0.3) is 0 Å². The van der Waals surface area contributed by atoms with E-state index in [4.69, 9.17) is 0 Å². The molecule has 1 amide bonds. The Bertz CT molecular complexity index is 1210. The highest BCUT2D eigenvalue weighted by atomic mass is 32.2. The van der Waals surface area contributed by atoms with Crippen molar-refractivity contribution in [3.05, 3.63) is 83.8 Å². The Kier molecular flexibility index (Phi) is 6.32. The predicted molar refractivity (Wildman–Crippen MR) is 123 cm³/mol. The molecule has 0 spiro atoms. The van der Waals surface area contributed by atoms with Crippen LogP contribution in [0, 0.1) is 12.7 Å². The van der Waals surface area contributed by atoms with Gasteiger partial charge < -0.3 is 5.32 Å². The fraction of sp³-hybridized carbons (Fsp3) is 0.208. The lowest BCUT2D eigenvalue weighted by atomic mass is 10.2. The number of hydrogen-bond donors (Lipinski definition) is 1. The molecule has 1 N–H and O–H groups in total. The second-order valence-corrected chi connectivity index (χ2v) is 8.21. The van der Waals surface area contributed by atoms with E-state index in [0.29, 0.717) is 34.1 Å². The van der Waals surface area contributed by atoms with Crippen molar-refractivity contribution in [3.8, 4) is 0 Å². The first-order valence-corrected chi connectivity index (χ1v) is 11.1. The molecule has 4 aromatic rings. The maximum atomic E-state index is 14.1. The Balaban J connectivity index is 1.66. The van der Waals surface area contributed by atoms with Crippen molar-refractivity contribution in [1.29, 1.82) is 0 Å². The zero-order valence-electron chi connectivity index (χ0n) is 17.4. The molecule has 0 radical (unpaired) electrons. The first-order chi connectivity index (χ1) is 15.1. The van der Waals surface area contributed by atoms with Crippen LogP contribution in [-0.4, -0.2) is 20.4 Å². The Morgan fingerprint density at radius 1 is 1.13 bits per heavy atom. The zero-order valence-corrected chi connectivity index (χ0v) is 18.2. The smallest absolute Gasteiger partial charge is 0.247 e. The lowest BCUT2D eigenvalue weighted by molar-refractivity contribution is -0.119. The number of anilines is 1. The summed E-state index contributed by atoms with van der Waals surface area (Å²) in [6, 6.07) is 17.6. The first kappa shape index (κ1) is 21.1. The van der Waals surface area contributed by atoms with Crippen LogP contribution in [0.25, 0.3) is 11.2 Å². The summed E-state index contributed by atoms with van der Waals surface area (Å²) < 4.78 is 16.0. The highest BCUT2D eigenvalue weighted by Gasteiger charge is 2.25. The van der Waals surface area contributed by atoms with Crippen LogP contribution in [0.3, 0.4) is 0 Å². The molecule has 7 heteroatoms. The molecule has 0 fully saturated rings. The molecule has 0 unspecified atom stereocenters. The molecule has 2 aromatic carbocycles. The van der Waals surface area contributed by atoms with E-state index in [2.05, 4.69) is 15.3 Å². The number of benzene rings is 2. The lowest BCUT2D eigenvalue weighted by Crippen LogP contribution is -2.26. The normalized spacial score (nSPS) is 12.1. The number of pyridine rings is 1. The maximum absolute atomic E-state index is 14.1. The number of imidazole rings is 1. The highest BCUT2D eigenvalue weighted by molar-refractivity contribution is 7.98. The minimum atomic E-state index is -0.496. The minimum Gasteiger partial charge on any atom is -0.324 e. The molecule has 0 aliphatic rings. The van der Waals surface area contributed by atoms with Gasteiger partial charge in [0.15, 0.2) is 10.8 Å². The largest absolute Gasteiger partial charge is 0.324 e. The van der Waals surface area contributed by atoms with Crippen LogP contribution in [0.15, 0.2) is 72.0 Å². The Morgan fingerprint density at radius 2 is 1.90 bits per heavy atom. The fourth-order valence-corrected chi connectivity index (χ4v) is 4.43. The van der Waals surface area contributed by atoms with E-state index < -0.39 is 6.04 Å². The van der Waals surface area contributed by atoms with Crippen LogP contribution < -0.4 is 5.32 Å². The topological polar surface area (TPSA) is 59.8 Å². The third-order valence-electron chi connectivity index (χ3n) is 5.05. The fourth-order valence-electron chi connectivity index (χ4n) is 3.40.